The van der Waals surface area contributed by atoms with Gasteiger partial charge in [0.25, 0.3) is 0 Å². The average Bonchev–Trinajstić information content (AvgIpc) is 2.82. The second-order valence-corrected chi connectivity index (χ2v) is 9.87. The number of alkyl halides is 1. The fourth-order valence-corrected chi connectivity index (χ4v) is 5.21. The van der Waals surface area contributed by atoms with Crippen LogP contribution in [0.2, 0.25) is 5.15 Å². The molecule has 3 aliphatic heterocycles. The van der Waals surface area contributed by atoms with Crippen LogP contribution in [0.25, 0.3) is 0 Å². The number of aromatic nitrogens is 2. The number of piperidine rings is 1. The molecule has 4 heterocycles. The van der Waals surface area contributed by atoms with E-state index in [2.05, 4.69) is 15.1 Å². The first kappa shape index (κ1) is 19.1. The number of hydrogen-bond acceptors (Lipinski definition) is 5. The smallest absolute Gasteiger partial charge is 0.410 e. The summed E-state index contributed by atoms with van der Waals surface area (Å²) in [7, 11) is 0. The second kappa shape index (κ2) is 6.96. The Morgan fingerprint density at radius 2 is 1.85 bits per heavy atom. The largest absolute Gasteiger partial charge is 0.444 e. The molecule has 0 saturated carbocycles. The zero-order valence-corrected chi connectivity index (χ0v) is 17.5. The predicted molar refractivity (Wildman–Crippen MR) is 106 cm³/mol. The van der Waals surface area contributed by atoms with Gasteiger partial charge in [0, 0.05) is 30.2 Å². The Morgan fingerprint density at radius 3 is 2.48 bits per heavy atom. The SMILES string of the molecule is CC(C)(C)OC(=O)N1[C@@H]2CC[C@H]1CC(N1CC(Cl)Cc3cc(Cl)nnc31)C2. The number of carbonyl (C=O) groups is 1. The van der Waals surface area contributed by atoms with E-state index in [0.29, 0.717) is 11.2 Å². The van der Waals surface area contributed by atoms with Gasteiger partial charge in [0.15, 0.2) is 11.0 Å². The Hall–Kier alpha value is -1.27. The standard InChI is InChI=1S/C19H26Cl2N4O2/c1-19(2,3)27-18(26)25-13-4-5-14(25)9-15(8-13)24-10-12(20)6-11-7-16(21)22-23-17(11)24/h7,12-15H,4-6,8-10H2,1-3H3/t12?,13-,14+,15?. The molecule has 2 fully saturated rings. The van der Waals surface area contributed by atoms with E-state index >= 15 is 0 Å². The van der Waals surface area contributed by atoms with Gasteiger partial charge in [0.2, 0.25) is 0 Å². The van der Waals surface area contributed by atoms with Crippen LogP contribution in [0.1, 0.15) is 52.0 Å². The van der Waals surface area contributed by atoms with Crippen molar-refractivity contribution in [2.75, 3.05) is 11.4 Å². The van der Waals surface area contributed by atoms with Crippen LogP contribution in [-0.2, 0) is 11.2 Å². The summed E-state index contributed by atoms with van der Waals surface area (Å²) in [5, 5.41) is 8.84. The number of anilines is 1. The average molecular weight is 413 g/mol. The van der Waals surface area contributed by atoms with Crippen molar-refractivity contribution >= 4 is 35.1 Å². The van der Waals surface area contributed by atoms with E-state index in [1.54, 1.807) is 0 Å². The van der Waals surface area contributed by atoms with Crippen molar-refractivity contribution in [2.45, 2.75) is 82.0 Å². The minimum atomic E-state index is -0.472. The molecular weight excluding hydrogens is 387 g/mol. The van der Waals surface area contributed by atoms with Gasteiger partial charge in [-0.05, 0) is 58.9 Å². The number of rotatable bonds is 1. The molecule has 1 aromatic heterocycles. The predicted octanol–water partition coefficient (Wildman–Crippen LogP) is 4.03. The van der Waals surface area contributed by atoms with Gasteiger partial charge in [0.05, 0.1) is 5.38 Å². The number of ether oxygens (including phenoxy) is 1. The fourth-order valence-electron chi connectivity index (χ4n) is 4.73. The first-order chi connectivity index (χ1) is 12.7. The molecule has 3 aliphatic rings. The zero-order chi connectivity index (χ0) is 19.3. The molecule has 4 rings (SSSR count). The molecular formula is C19H26Cl2N4O2. The van der Waals surface area contributed by atoms with Gasteiger partial charge in [-0.25, -0.2) is 4.79 Å². The van der Waals surface area contributed by atoms with E-state index in [-0.39, 0.29) is 23.6 Å². The molecule has 4 atom stereocenters. The van der Waals surface area contributed by atoms with E-state index in [9.17, 15) is 4.79 Å². The summed E-state index contributed by atoms with van der Waals surface area (Å²) in [5.74, 6) is 0.895. The molecule has 2 unspecified atom stereocenters. The second-order valence-electron chi connectivity index (χ2n) is 8.87. The summed E-state index contributed by atoms with van der Waals surface area (Å²) in [6, 6.07) is 2.60. The van der Waals surface area contributed by atoms with Crippen molar-refractivity contribution in [1.82, 2.24) is 15.1 Å². The molecule has 1 aromatic rings. The van der Waals surface area contributed by atoms with Crippen LogP contribution >= 0.6 is 23.2 Å². The quantitative estimate of drug-likeness (QED) is 0.651. The van der Waals surface area contributed by atoms with Crippen LogP contribution in [0, 0.1) is 0 Å². The van der Waals surface area contributed by atoms with Crippen molar-refractivity contribution in [3.05, 3.63) is 16.8 Å². The van der Waals surface area contributed by atoms with Crippen LogP contribution in [0.5, 0.6) is 0 Å². The lowest BCUT2D eigenvalue weighted by molar-refractivity contribution is 0.00577. The third-order valence-electron chi connectivity index (χ3n) is 5.68. The highest BCUT2D eigenvalue weighted by Gasteiger charge is 2.47. The lowest BCUT2D eigenvalue weighted by atomic mass is 9.93. The molecule has 0 aliphatic carbocycles. The monoisotopic (exact) mass is 412 g/mol. The maximum atomic E-state index is 12.7. The summed E-state index contributed by atoms with van der Waals surface area (Å²) in [6.45, 7) is 6.49. The highest BCUT2D eigenvalue weighted by Crippen LogP contribution is 2.41. The Morgan fingerprint density at radius 1 is 1.19 bits per heavy atom. The van der Waals surface area contributed by atoms with Crippen molar-refractivity contribution in [3.63, 3.8) is 0 Å². The zero-order valence-electron chi connectivity index (χ0n) is 16.0. The molecule has 27 heavy (non-hydrogen) atoms. The van der Waals surface area contributed by atoms with Crippen LogP contribution < -0.4 is 4.90 Å². The van der Waals surface area contributed by atoms with E-state index in [1.807, 2.05) is 31.7 Å². The third-order valence-corrected chi connectivity index (χ3v) is 6.16. The van der Waals surface area contributed by atoms with Crippen molar-refractivity contribution in [3.8, 4) is 0 Å². The maximum absolute atomic E-state index is 12.7. The van der Waals surface area contributed by atoms with Gasteiger partial charge in [-0.15, -0.1) is 21.8 Å². The van der Waals surface area contributed by atoms with Gasteiger partial charge in [-0.1, -0.05) is 11.6 Å². The van der Waals surface area contributed by atoms with E-state index < -0.39 is 5.60 Å². The molecule has 0 radical (unpaired) electrons. The third kappa shape index (κ3) is 3.83. The normalized spacial score (nSPS) is 30.3. The molecule has 2 saturated heterocycles. The van der Waals surface area contributed by atoms with E-state index in [0.717, 1.165) is 50.0 Å². The first-order valence-electron chi connectivity index (χ1n) is 9.65. The minimum absolute atomic E-state index is 0.0271. The Kier molecular flexibility index (Phi) is 4.91. The van der Waals surface area contributed by atoms with Gasteiger partial charge in [-0.3, -0.25) is 0 Å². The summed E-state index contributed by atoms with van der Waals surface area (Å²) >= 11 is 12.6. The van der Waals surface area contributed by atoms with Gasteiger partial charge in [-0.2, -0.15) is 0 Å². The maximum Gasteiger partial charge on any atom is 0.410 e. The summed E-state index contributed by atoms with van der Waals surface area (Å²) in [5.41, 5.74) is 0.586. The number of nitrogens with zero attached hydrogens (tertiary/aromatic N) is 4. The van der Waals surface area contributed by atoms with Crippen LogP contribution in [0.3, 0.4) is 0 Å². The highest BCUT2D eigenvalue weighted by atomic mass is 35.5. The molecule has 1 amide bonds. The minimum Gasteiger partial charge on any atom is -0.444 e. The molecule has 0 N–H and O–H groups in total. The Bertz CT molecular complexity index is 725. The Labute approximate surface area is 170 Å². The van der Waals surface area contributed by atoms with Crippen molar-refractivity contribution in [2.24, 2.45) is 0 Å². The molecule has 6 nitrogen and oxygen atoms in total. The molecule has 8 heteroatoms. The number of hydrogen-bond donors (Lipinski definition) is 0. The molecule has 2 bridgehead atoms. The lowest BCUT2D eigenvalue weighted by Crippen LogP contribution is -2.55. The van der Waals surface area contributed by atoms with Gasteiger partial charge in [0.1, 0.15) is 5.60 Å². The Balaban J connectivity index is 1.53. The first-order valence-corrected chi connectivity index (χ1v) is 10.5. The van der Waals surface area contributed by atoms with Gasteiger partial charge < -0.3 is 14.5 Å². The van der Waals surface area contributed by atoms with E-state index in [1.165, 1.54) is 0 Å². The van der Waals surface area contributed by atoms with Crippen LogP contribution in [-0.4, -0.2) is 56.8 Å². The summed E-state index contributed by atoms with van der Waals surface area (Å²) in [6.07, 6.45) is 4.43. The van der Waals surface area contributed by atoms with Crippen molar-refractivity contribution < 1.29 is 9.53 Å². The van der Waals surface area contributed by atoms with Crippen LogP contribution in [0.15, 0.2) is 6.07 Å². The van der Waals surface area contributed by atoms with Crippen LogP contribution in [0.4, 0.5) is 10.6 Å². The van der Waals surface area contributed by atoms with E-state index in [4.69, 9.17) is 27.9 Å². The highest BCUT2D eigenvalue weighted by molar-refractivity contribution is 6.29. The molecule has 0 aromatic carbocycles. The molecule has 0 spiro atoms. The number of amides is 1. The summed E-state index contributed by atoms with van der Waals surface area (Å²) < 4.78 is 5.64. The van der Waals surface area contributed by atoms with Crippen molar-refractivity contribution in [1.29, 1.82) is 0 Å². The topological polar surface area (TPSA) is 58.6 Å². The summed E-state index contributed by atoms with van der Waals surface area (Å²) in [4.78, 5) is 16.9. The molecule has 148 valence electrons. The number of halogens is 2. The number of fused-ring (bicyclic) bond motifs is 3. The fraction of sp³-hybridized carbons (Fsp3) is 0.737. The number of carbonyl (C=O) groups excluding carboxylic acids is 1. The van der Waals surface area contributed by atoms with Gasteiger partial charge >= 0.3 is 6.09 Å². The lowest BCUT2D eigenvalue weighted by Gasteiger charge is -2.45.